The van der Waals surface area contributed by atoms with Gasteiger partial charge in [-0.2, -0.15) is 0 Å². The van der Waals surface area contributed by atoms with Gasteiger partial charge in [-0.05, 0) is 45.5 Å². The SMILES string of the molecule is Cc1cn2cc(-c3cc4ccc(O[C@@H]5CCN(C)C5)cc4oc3=O)nc2c(C)n1. The van der Waals surface area contributed by atoms with E-state index in [2.05, 4.69) is 21.9 Å². The highest BCUT2D eigenvalue weighted by Crippen LogP contribution is 2.26. The summed E-state index contributed by atoms with van der Waals surface area (Å²) in [7, 11) is 2.09. The van der Waals surface area contributed by atoms with Crippen molar-refractivity contribution in [3.8, 4) is 17.0 Å². The average Bonchev–Trinajstić information content (AvgIpc) is 3.27. The molecule has 1 aromatic carbocycles. The minimum atomic E-state index is -0.416. The van der Waals surface area contributed by atoms with Crippen LogP contribution in [0.1, 0.15) is 17.8 Å². The van der Waals surface area contributed by atoms with Crippen molar-refractivity contribution in [1.82, 2.24) is 19.3 Å². The van der Waals surface area contributed by atoms with E-state index in [-0.39, 0.29) is 6.10 Å². The summed E-state index contributed by atoms with van der Waals surface area (Å²) in [4.78, 5) is 24.0. The molecule has 0 bridgehead atoms. The third-order valence-electron chi connectivity index (χ3n) is 5.36. The molecule has 0 aliphatic carbocycles. The molecular weight excluding hydrogens is 368 g/mol. The number of imidazole rings is 1. The van der Waals surface area contributed by atoms with Gasteiger partial charge in [0.05, 0.1) is 22.6 Å². The van der Waals surface area contributed by atoms with Gasteiger partial charge < -0.3 is 18.5 Å². The molecule has 5 rings (SSSR count). The Morgan fingerprint density at radius 2 is 2.03 bits per heavy atom. The van der Waals surface area contributed by atoms with Crippen molar-refractivity contribution in [3.63, 3.8) is 0 Å². The fourth-order valence-electron chi connectivity index (χ4n) is 3.96. The summed E-state index contributed by atoms with van der Waals surface area (Å²) in [6.07, 6.45) is 4.90. The first-order valence-electron chi connectivity index (χ1n) is 9.73. The molecule has 1 aliphatic rings. The number of aromatic nitrogens is 3. The molecule has 4 aromatic rings. The Hall–Kier alpha value is -3.19. The van der Waals surface area contributed by atoms with E-state index in [0.29, 0.717) is 16.8 Å². The van der Waals surface area contributed by atoms with Gasteiger partial charge in [-0.25, -0.2) is 9.78 Å². The maximum atomic E-state index is 12.7. The van der Waals surface area contributed by atoms with Crippen LogP contribution >= 0.6 is 0 Å². The molecule has 148 valence electrons. The van der Waals surface area contributed by atoms with Crippen molar-refractivity contribution in [1.29, 1.82) is 0 Å². The first kappa shape index (κ1) is 17.9. The predicted molar refractivity (Wildman–Crippen MR) is 110 cm³/mol. The van der Waals surface area contributed by atoms with Crippen LogP contribution < -0.4 is 10.4 Å². The lowest BCUT2D eigenvalue weighted by Gasteiger charge is -2.14. The summed E-state index contributed by atoms with van der Waals surface area (Å²) in [5.41, 5.74) is 3.55. The number of hydrogen-bond donors (Lipinski definition) is 0. The second-order valence-electron chi connectivity index (χ2n) is 7.76. The van der Waals surface area contributed by atoms with Crippen molar-refractivity contribution in [2.75, 3.05) is 20.1 Å². The number of likely N-dealkylation sites (tertiary alicyclic amines) is 1. The van der Waals surface area contributed by atoms with Gasteiger partial charge in [0, 0.05) is 36.9 Å². The van der Waals surface area contributed by atoms with E-state index in [1.54, 1.807) is 6.07 Å². The Morgan fingerprint density at radius 3 is 2.83 bits per heavy atom. The normalized spacial score (nSPS) is 17.4. The van der Waals surface area contributed by atoms with Crippen LogP contribution in [0.25, 0.3) is 27.9 Å². The summed E-state index contributed by atoms with van der Waals surface area (Å²) in [6, 6.07) is 7.46. The van der Waals surface area contributed by atoms with E-state index in [0.717, 1.165) is 47.7 Å². The van der Waals surface area contributed by atoms with Crippen LogP contribution in [0.15, 0.2) is 45.9 Å². The molecule has 0 spiro atoms. The van der Waals surface area contributed by atoms with Gasteiger partial charge in [-0.15, -0.1) is 0 Å². The number of likely N-dealkylation sites (N-methyl/N-ethyl adjacent to an activating group) is 1. The Bertz CT molecular complexity index is 1290. The van der Waals surface area contributed by atoms with Gasteiger partial charge in [0.25, 0.3) is 0 Å². The van der Waals surface area contributed by atoms with E-state index >= 15 is 0 Å². The zero-order chi connectivity index (χ0) is 20.1. The number of ether oxygens (including phenoxy) is 1. The van der Waals surface area contributed by atoms with Crippen LogP contribution in [0.3, 0.4) is 0 Å². The zero-order valence-corrected chi connectivity index (χ0v) is 16.7. The van der Waals surface area contributed by atoms with Crippen molar-refractivity contribution < 1.29 is 9.15 Å². The lowest BCUT2D eigenvalue weighted by atomic mass is 10.1. The quantitative estimate of drug-likeness (QED) is 0.500. The molecule has 1 fully saturated rings. The molecule has 1 atom stereocenters. The Kier molecular flexibility index (Phi) is 4.13. The van der Waals surface area contributed by atoms with E-state index < -0.39 is 5.63 Å². The van der Waals surface area contributed by atoms with Gasteiger partial charge in [-0.3, -0.25) is 4.98 Å². The molecule has 0 saturated carbocycles. The molecule has 0 N–H and O–H groups in total. The smallest absolute Gasteiger partial charge is 0.345 e. The van der Waals surface area contributed by atoms with Crippen molar-refractivity contribution in [2.45, 2.75) is 26.4 Å². The van der Waals surface area contributed by atoms with Crippen LogP contribution in [0.5, 0.6) is 5.75 Å². The molecule has 0 radical (unpaired) electrons. The predicted octanol–water partition coefficient (Wildman–Crippen LogP) is 3.20. The van der Waals surface area contributed by atoms with Crippen LogP contribution in [-0.4, -0.2) is 45.5 Å². The summed E-state index contributed by atoms with van der Waals surface area (Å²) < 4.78 is 13.6. The molecule has 7 nitrogen and oxygen atoms in total. The van der Waals surface area contributed by atoms with Crippen molar-refractivity contribution >= 4 is 16.6 Å². The molecule has 0 unspecified atom stereocenters. The first-order chi connectivity index (χ1) is 14.0. The summed E-state index contributed by atoms with van der Waals surface area (Å²) in [5.74, 6) is 0.721. The molecule has 4 heterocycles. The fraction of sp³-hybridized carbons (Fsp3) is 0.318. The largest absolute Gasteiger partial charge is 0.489 e. The fourth-order valence-corrected chi connectivity index (χ4v) is 3.96. The number of benzene rings is 1. The first-order valence-corrected chi connectivity index (χ1v) is 9.73. The Balaban J connectivity index is 1.52. The second-order valence-corrected chi connectivity index (χ2v) is 7.76. The standard InChI is InChI=1S/C22H22N4O3/c1-13-10-26-12-19(24-21(26)14(2)23-13)18-8-15-4-5-16(9-20(15)29-22(18)27)28-17-6-7-25(3)11-17/h4-5,8-10,12,17H,6-7,11H2,1-3H3/t17-/m1/s1. The van der Waals surface area contributed by atoms with E-state index in [9.17, 15) is 4.79 Å². The zero-order valence-electron chi connectivity index (χ0n) is 16.7. The lowest BCUT2D eigenvalue weighted by Crippen LogP contribution is -2.21. The lowest BCUT2D eigenvalue weighted by molar-refractivity contribution is 0.208. The van der Waals surface area contributed by atoms with Crippen LogP contribution in [0, 0.1) is 13.8 Å². The third kappa shape index (κ3) is 3.27. The van der Waals surface area contributed by atoms with Gasteiger partial charge in [0.1, 0.15) is 17.4 Å². The highest BCUT2D eigenvalue weighted by molar-refractivity contribution is 5.82. The molecular formula is C22H22N4O3. The molecule has 3 aromatic heterocycles. The Labute approximate surface area is 167 Å². The van der Waals surface area contributed by atoms with Crippen LogP contribution in [0.2, 0.25) is 0 Å². The van der Waals surface area contributed by atoms with E-state index in [1.165, 1.54) is 0 Å². The second kappa shape index (κ2) is 6.70. The monoisotopic (exact) mass is 390 g/mol. The topological polar surface area (TPSA) is 72.9 Å². The number of fused-ring (bicyclic) bond motifs is 2. The minimum Gasteiger partial charge on any atom is -0.489 e. The van der Waals surface area contributed by atoms with Crippen molar-refractivity contribution in [3.05, 3.63) is 58.5 Å². The van der Waals surface area contributed by atoms with Gasteiger partial charge in [0.2, 0.25) is 0 Å². The number of nitrogens with zero attached hydrogens (tertiary/aromatic N) is 4. The van der Waals surface area contributed by atoms with Gasteiger partial charge in [0.15, 0.2) is 5.65 Å². The summed E-state index contributed by atoms with van der Waals surface area (Å²) in [5, 5.41) is 0.832. The molecule has 7 heteroatoms. The molecule has 1 saturated heterocycles. The number of aryl methyl sites for hydroxylation is 2. The third-order valence-corrected chi connectivity index (χ3v) is 5.36. The number of hydrogen-bond acceptors (Lipinski definition) is 6. The number of rotatable bonds is 3. The minimum absolute atomic E-state index is 0.168. The Morgan fingerprint density at radius 1 is 1.17 bits per heavy atom. The van der Waals surface area contributed by atoms with E-state index in [1.807, 2.05) is 48.8 Å². The average molecular weight is 390 g/mol. The van der Waals surface area contributed by atoms with Crippen LogP contribution in [0.4, 0.5) is 0 Å². The highest BCUT2D eigenvalue weighted by atomic mass is 16.5. The van der Waals surface area contributed by atoms with Gasteiger partial charge >= 0.3 is 5.63 Å². The maximum absolute atomic E-state index is 12.7. The molecule has 29 heavy (non-hydrogen) atoms. The summed E-state index contributed by atoms with van der Waals surface area (Å²) >= 11 is 0. The maximum Gasteiger partial charge on any atom is 0.345 e. The van der Waals surface area contributed by atoms with E-state index in [4.69, 9.17) is 9.15 Å². The van der Waals surface area contributed by atoms with Gasteiger partial charge in [-0.1, -0.05) is 0 Å². The molecule has 1 aliphatic heterocycles. The van der Waals surface area contributed by atoms with Crippen LogP contribution in [-0.2, 0) is 0 Å². The highest BCUT2D eigenvalue weighted by Gasteiger charge is 2.21. The van der Waals surface area contributed by atoms with Crippen molar-refractivity contribution in [2.24, 2.45) is 0 Å². The summed E-state index contributed by atoms with van der Waals surface area (Å²) in [6.45, 7) is 5.78. The molecule has 0 amide bonds.